The fourth-order valence-corrected chi connectivity index (χ4v) is 4.62. The smallest absolute Gasteiger partial charge is 0.261 e. The topological polar surface area (TPSA) is 121 Å². The second-order valence-corrected chi connectivity index (χ2v) is 9.20. The Bertz CT molecular complexity index is 998. The van der Waals surface area contributed by atoms with Gasteiger partial charge in [-0.2, -0.15) is 4.72 Å². The quantitative estimate of drug-likeness (QED) is 0.276. The standard InChI is InChI=1S/C21H27FN4O5S/c22-17-5-3-4-16(14-17)19-8-7-18(15-23-19)32(29,30)25-20(21(27)24-28)6-1-2-9-26-10-12-31-13-11-26/h3-5,7-8,14-15,20,25,28H,1-2,6,9-13H2,(H,24,27)/t20-/m1/s1. The first-order valence-corrected chi connectivity index (χ1v) is 11.9. The fourth-order valence-electron chi connectivity index (χ4n) is 3.44. The predicted octanol–water partition coefficient (Wildman–Crippen LogP) is 1.54. The number of ether oxygens (including phenoxy) is 1. The van der Waals surface area contributed by atoms with E-state index < -0.39 is 27.8 Å². The van der Waals surface area contributed by atoms with Crippen molar-refractivity contribution in [1.29, 1.82) is 0 Å². The van der Waals surface area contributed by atoms with E-state index in [-0.39, 0.29) is 11.3 Å². The summed E-state index contributed by atoms with van der Waals surface area (Å²) < 4.78 is 46.5. The van der Waals surface area contributed by atoms with Crippen LogP contribution in [0.4, 0.5) is 4.39 Å². The minimum Gasteiger partial charge on any atom is -0.379 e. The highest BCUT2D eigenvalue weighted by atomic mass is 32.2. The summed E-state index contributed by atoms with van der Waals surface area (Å²) in [4.78, 5) is 18.2. The van der Waals surface area contributed by atoms with Crippen LogP contribution in [0.25, 0.3) is 11.3 Å². The molecule has 0 aliphatic carbocycles. The maximum absolute atomic E-state index is 13.4. The molecule has 2 heterocycles. The summed E-state index contributed by atoms with van der Waals surface area (Å²) in [6.45, 7) is 3.93. The molecule has 32 heavy (non-hydrogen) atoms. The molecule has 2 aromatic rings. The first kappa shape index (κ1) is 24.2. The third-order valence-electron chi connectivity index (χ3n) is 5.21. The Kier molecular flexibility index (Phi) is 8.65. The lowest BCUT2D eigenvalue weighted by atomic mass is 10.1. The SMILES string of the molecule is O=C(NO)[C@@H](CCCCN1CCOCC1)NS(=O)(=O)c1ccc(-c2cccc(F)c2)nc1. The Labute approximate surface area is 186 Å². The summed E-state index contributed by atoms with van der Waals surface area (Å²) in [7, 11) is -4.06. The molecule has 0 saturated carbocycles. The molecule has 174 valence electrons. The summed E-state index contributed by atoms with van der Waals surface area (Å²) in [6.07, 6.45) is 2.75. The highest BCUT2D eigenvalue weighted by molar-refractivity contribution is 7.89. The Morgan fingerprint density at radius 1 is 1.22 bits per heavy atom. The molecular weight excluding hydrogens is 439 g/mol. The van der Waals surface area contributed by atoms with E-state index in [1.54, 1.807) is 6.07 Å². The maximum atomic E-state index is 13.4. The zero-order valence-electron chi connectivity index (χ0n) is 17.5. The number of aromatic nitrogens is 1. The molecule has 0 spiro atoms. The Morgan fingerprint density at radius 2 is 2.00 bits per heavy atom. The van der Waals surface area contributed by atoms with Gasteiger partial charge in [0.25, 0.3) is 5.91 Å². The second kappa shape index (κ2) is 11.4. The molecule has 1 amide bonds. The number of nitrogens with one attached hydrogen (secondary N) is 2. The average molecular weight is 467 g/mol. The van der Waals surface area contributed by atoms with Gasteiger partial charge in [-0.15, -0.1) is 0 Å². The van der Waals surface area contributed by atoms with E-state index in [4.69, 9.17) is 9.94 Å². The van der Waals surface area contributed by atoms with Crippen molar-refractivity contribution in [2.45, 2.75) is 30.2 Å². The summed E-state index contributed by atoms with van der Waals surface area (Å²) in [5.74, 6) is -1.25. The van der Waals surface area contributed by atoms with E-state index in [0.717, 1.165) is 32.3 Å². The molecule has 1 aliphatic rings. The Hall–Kier alpha value is -2.44. The highest BCUT2D eigenvalue weighted by Gasteiger charge is 2.26. The van der Waals surface area contributed by atoms with Crippen LogP contribution in [0.3, 0.4) is 0 Å². The molecule has 1 atom stereocenters. The largest absolute Gasteiger partial charge is 0.379 e. The lowest BCUT2D eigenvalue weighted by Crippen LogP contribution is -2.45. The molecule has 3 rings (SSSR count). The van der Waals surface area contributed by atoms with Crippen molar-refractivity contribution in [1.82, 2.24) is 20.1 Å². The summed E-state index contributed by atoms with van der Waals surface area (Å²) in [5, 5.41) is 9.02. The van der Waals surface area contributed by atoms with Gasteiger partial charge in [0.05, 0.1) is 18.9 Å². The van der Waals surface area contributed by atoms with Gasteiger partial charge >= 0.3 is 0 Å². The van der Waals surface area contributed by atoms with Gasteiger partial charge in [-0.25, -0.2) is 18.3 Å². The molecule has 3 N–H and O–H groups in total. The molecular formula is C21H27FN4O5S. The number of morpholine rings is 1. The third kappa shape index (κ3) is 6.78. The van der Waals surface area contributed by atoms with Crippen molar-refractivity contribution in [3.8, 4) is 11.3 Å². The van der Waals surface area contributed by atoms with E-state index in [1.807, 2.05) is 0 Å². The van der Waals surface area contributed by atoms with Crippen molar-refractivity contribution >= 4 is 15.9 Å². The monoisotopic (exact) mass is 466 g/mol. The first-order valence-electron chi connectivity index (χ1n) is 10.4. The Morgan fingerprint density at radius 3 is 2.66 bits per heavy atom. The average Bonchev–Trinajstić information content (AvgIpc) is 2.81. The number of pyridine rings is 1. The third-order valence-corrected chi connectivity index (χ3v) is 6.67. The van der Waals surface area contributed by atoms with Crippen molar-refractivity contribution in [2.24, 2.45) is 0 Å². The van der Waals surface area contributed by atoms with Crippen LogP contribution in [0.15, 0.2) is 47.5 Å². The number of halogens is 1. The summed E-state index contributed by atoms with van der Waals surface area (Å²) in [5.41, 5.74) is 2.45. The lowest BCUT2D eigenvalue weighted by Gasteiger charge is -2.26. The Balaban J connectivity index is 1.61. The van der Waals surface area contributed by atoms with Crippen molar-refractivity contribution < 1.29 is 27.5 Å². The van der Waals surface area contributed by atoms with Gasteiger partial charge in [-0.05, 0) is 43.7 Å². The molecule has 9 nitrogen and oxygen atoms in total. The van der Waals surface area contributed by atoms with Crippen LogP contribution in [0.5, 0.6) is 0 Å². The van der Waals surface area contributed by atoms with Crippen LogP contribution < -0.4 is 10.2 Å². The normalized spacial score (nSPS) is 15.9. The molecule has 11 heteroatoms. The van der Waals surface area contributed by atoms with E-state index >= 15 is 0 Å². The number of hydroxylamine groups is 1. The van der Waals surface area contributed by atoms with Gasteiger partial charge in [0.15, 0.2) is 0 Å². The van der Waals surface area contributed by atoms with E-state index in [2.05, 4.69) is 14.6 Å². The van der Waals surface area contributed by atoms with Gasteiger partial charge in [0.2, 0.25) is 10.0 Å². The van der Waals surface area contributed by atoms with Crippen molar-refractivity contribution in [2.75, 3.05) is 32.8 Å². The number of sulfonamides is 1. The number of carbonyl (C=O) groups is 1. The van der Waals surface area contributed by atoms with Crippen LogP contribution in [0.2, 0.25) is 0 Å². The minimum atomic E-state index is -4.06. The van der Waals surface area contributed by atoms with Crippen LogP contribution in [0.1, 0.15) is 19.3 Å². The van der Waals surface area contributed by atoms with Gasteiger partial charge in [-0.3, -0.25) is 19.9 Å². The van der Waals surface area contributed by atoms with Crippen LogP contribution in [-0.4, -0.2) is 68.3 Å². The number of hydrogen-bond acceptors (Lipinski definition) is 7. The van der Waals surface area contributed by atoms with Crippen LogP contribution >= 0.6 is 0 Å². The number of unbranched alkanes of at least 4 members (excludes halogenated alkanes) is 1. The molecule has 1 aliphatic heterocycles. The van der Waals surface area contributed by atoms with Crippen LogP contribution in [0, 0.1) is 5.82 Å². The number of rotatable bonds is 10. The van der Waals surface area contributed by atoms with E-state index in [1.165, 1.54) is 35.8 Å². The number of nitrogens with zero attached hydrogens (tertiary/aromatic N) is 2. The molecule has 0 radical (unpaired) electrons. The molecule has 1 fully saturated rings. The molecule has 0 bridgehead atoms. The maximum Gasteiger partial charge on any atom is 0.261 e. The summed E-state index contributed by atoms with van der Waals surface area (Å²) in [6, 6.07) is 7.48. The molecule has 1 saturated heterocycles. The van der Waals surface area contributed by atoms with Gasteiger partial charge in [0.1, 0.15) is 16.8 Å². The van der Waals surface area contributed by atoms with Crippen LogP contribution in [-0.2, 0) is 19.6 Å². The summed E-state index contributed by atoms with van der Waals surface area (Å²) >= 11 is 0. The van der Waals surface area contributed by atoms with Gasteiger partial charge in [-0.1, -0.05) is 18.6 Å². The van der Waals surface area contributed by atoms with Crippen molar-refractivity contribution in [3.63, 3.8) is 0 Å². The molecule has 0 unspecified atom stereocenters. The lowest BCUT2D eigenvalue weighted by molar-refractivity contribution is -0.131. The predicted molar refractivity (Wildman–Crippen MR) is 115 cm³/mol. The number of carbonyl (C=O) groups excluding carboxylic acids is 1. The number of hydrogen-bond donors (Lipinski definition) is 3. The fraction of sp³-hybridized carbons (Fsp3) is 0.429. The van der Waals surface area contributed by atoms with E-state index in [9.17, 15) is 17.6 Å². The van der Waals surface area contributed by atoms with E-state index in [0.29, 0.717) is 30.9 Å². The molecule has 1 aromatic heterocycles. The second-order valence-electron chi connectivity index (χ2n) is 7.49. The number of benzene rings is 1. The van der Waals surface area contributed by atoms with Gasteiger partial charge in [0, 0.05) is 24.8 Å². The molecule has 1 aromatic carbocycles. The minimum absolute atomic E-state index is 0.137. The zero-order chi connectivity index (χ0) is 23.0. The van der Waals surface area contributed by atoms with Gasteiger partial charge < -0.3 is 4.74 Å². The zero-order valence-corrected chi connectivity index (χ0v) is 18.4. The highest BCUT2D eigenvalue weighted by Crippen LogP contribution is 2.20. The van der Waals surface area contributed by atoms with Crippen molar-refractivity contribution in [3.05, 3.63) is 48.4 Å². The number of amides is 1. The first-order chi connectivity index (χ1) is 15.4.